The van der Waals surface area contributed by atoms with E-state index in [0.29, 0.717) is 11.7 Å². The van der Waals surface area contributed by atoms with E-state index in [1.165, 1.54) is 18.4 Å². The molecule has 0 amide bonds. The van der Waals surface area contributed by atoms with E-state index in [1.54, 1.807) is 0 Å². The number of phenolic OH excluding ortho intramolecular Hbond substituents is 1. The van der Waals surface area contributed by atoms with Crippen molar-refractivity contribution in [1.82, 2.24) is 0 Å². The van der Waals surface area contributed by atoms with Crippen molar-refractivity contribution in [2.45, 2.75) is 39.0 Å². The number of benzene rings is 1. The summed E-state index contributed by atoms with van der Waals surface area (Å²) in [4.78, 5) is 0. The van der Waals surface area contributed by atoms with Gasteiger partial charge >= 0.3 is 0 Å². The number of hydrogen-bond donors (Lipinski definition) is 2. The Morgan fingerprint density at radius 3 is 2.83 bits per heavy atom. The maximum Gasteiger partial charge on any atom is 0.214 e. The highest BCUT2D eigenvalue weighted by Gasteiger charge is 2.27. The molecule has 24 heavy (non-hydrogen) atoms. The summed E-state index contributed by atoms with van der Waals surface area (Å²) in [6, 6.07) is 6.20. The Balaban J connectivity index is 2.07. The first kappa shape index (κ1) is 16.6. The minimum atomic E-state index is 0.380. The lowest BCUT2D eigenvalue weighted by atomic mass is 9.97. The van der Waals surface area contributed by atoms with Gasteiger partial charge in [0, 0.05) is 17.7 Å². The van der Waals surface area contributed by atoms with E-state index in [9.17, 15) is 5.11 Å². The summed E-state index contributed by atoms with van der Waals surface area (Å²) >= 11 is 0. The predicted octanol–water partition coefficient (Wildman–Crippen LogP) is 3.84. The fourth-order valence-corrected chi connectivity index (χ4v) is 3.22. The van der Waals surface area contributed by atoms with Crippen LogP contribution >= 0.6 is 0 Å². The van der Waals surface area contributed by atoms with Gasteiger partial charge in [-0.25, -0.2) is 4.58 Å². The smallest absolute Gasteiger partial charge is 0.214 e. The first-order chi connectivity index (χ1) is 11.6. The van der Waals surface area contributed by atoms with Crippen molar-refractivity contribution >= 4 is 5.71 Å². The van der Waals surface area contributed by atoms with Gasteiger partial charge in [-0.1, -0.05) is 24.3 Å². The van der Waals surface area contributed by atoms with Crippen LogP contribution in [0.15, 0.2) is 53.8 Å². The lowest BCUT2D eigenvalue weighted by Crippen LogP contribution is -2.26. The van der Waals surface area contributed by atoms with Gasteiger partial charge in [-0.3, -0.25) is 0 Å². The van der Waals surface area contributed by atoms with Gasteiger partial charge in [-0.2, -0.15) is 0 Å². The number of nitrogens with zero attached hydrogens (tertiary/aromatic N) is 1. The third kappa shape index (κ3) is 3.78. The summed E-state index contributed by atoms with van der Waals surface area (Å²) in [7, 11) is 0. The van der Waals surface area contributed by atoms with Crippen molar-refractivity contribution in [2.75, 3.05) is 13.1 Å². The van der Waals surface area contributed by atoms with Crippen LogP contribution in [-0.2, 0) is 0 Å². The molecule has 1 heterocycles. The topological polar surface area (TPSA) is 49.3 Å². The van der Waals surface area contributed by atoms with Crippen molar-refractivity contribution in [2.24, 2.45) is 5.73 Å². The zero-order chi connectivity index (χ0) is 17.1. The Hall–Kier alpha value is -2.29. The molecule has 1 aliphatic carbocycles. The molecule has 0 spiro atoms. The Morgan fingerprint density at radius 1 is 1.38 bits per heavy atom. The highest BCUT2D eigenvalue weighted by atomic mass is 16.3. The number of phenols is 1. The number of rotatable bonds is 4. The van der Waals surface area contributed by atoms with Gasteiger partial charge in [-0.05, 0) is 56.4 Å². The van der Waals surface area contributed by atoms with Crippen molar-refractivity contribution in [1.29, 1.82) is 0 Å². The van der Waals surface area contributed by atoms with Crippen molar-refractivity contribution < 1.29 is 9.68 Å². The molecule has 0 saturated heterocycles. The maximum absolute atomic E-state index is 10.7. The largest absolute Gasteiger partial charge is 0.507 e. The molecule has 0 unspecified atom stereocenters. The summed E-state index contributed by atoms with van der Waals surface area (Å²) in [5.41, 5.74) is 11.1. The van der Waals surface area contributed by atoms with Gasteiger partial charge < -0.3 is 10.8 Å². The molecule has 1 aromatic rings. The van der Waals surface area contributed by atoms with Crippen LogP contribution in [0.1, 0.15) is 50.2 Å². The monoisotopic (exact) mass is 323 g/mol. The fourth-order valence-electron chi connectivity index (χ4n) is 3.22. The van der Waals surface area contributed by atoms with E-state index in [-0.39, 0.29) is 0 Å². The van der Waals surface area contributed by atoms with E-state index < -0.39 is 0 Å². The van der Waals surface area contributed by atoms with E-state index >= 15 is 0 Å². The zero-order valence-electron chi connectivity index (χ0n) is 14.6. The van der Waals surface area contributed by atoms with E-state index in [4.69, 9.17) is 5.73 Å². The van der Waals surface area contributed by atoms with Gasteiger partial charge in [0.25, 0.3) is 0 Å². The molecule has 1 aromatic carbocycles. The molecule has 0 bridgehead atoms. The van der Waals surface area contributed by atoms with Crippen LogP contribution in [0.2, 0.25) is 0 Å². The van der Waals surface area contributed by atoms with Gasteiger partial charge in [-0.15, -0.1) is 0 Å². The fraction of sp³-hybridized carbons (Fsp3) is 0.381. The maximum atomic E-state index is 10.7. The first-order valence-corrected chi connectivity index (χ1v) is 8.77. The molecule has 3 nitrogen and oxygen atoms in total. The number of nitrogens with two attached hydrogens (primary N) is 1. The van der Waals surface area contributed by atoms with Gasteiger partial charge in [0.2, 0.25) is 5.71 Å². The molecule has 3 rings (SSSR count). The van der Waals surface area contributed by atoms with Crippen LogP contribution in [0.3, 0.4) is 0 Å². The van der Waals surface area contributed by atoms with Crippen molar-refractivity contribution in [3.05, 3.63) is 64.9 Å². The summed E-state index contributed by atoms with van der Waals surface area (Å²) in [5, 5.41) is 10.7. The third-order valence-corrected chi connectivity index (χ3v) is 4.70. The van der Waals surface area contributed by atoms with Gasteiger partial charge in [0.1, 0.15) is 12.3 Å². The number of allylic oxidation sites excluding steroid dienone is 4. The van der Waals surface area contributed by atoms with Crippen molar-refractivity contribution in [3.63, 3.8) is 0 Å². The summed E-state index contributed by atoms with van der Waals surface area (Å²) in [5.74, 6) is 1.02. The third-order valence-electron chi connectivity index (χ3n) is 4.70. The minimum Gasteiger partial charge on any atom is -0.507 e. The standard InChI is InChI=1S/C21H26N2O/c1-15-6-4-3-5-12-23(13-11-16(2)22)21(15)19-10-9-18(14-20(19)24)17-7-8-17/h3-4,6,9-11,14,17H,5,7-8,12-13,22H2,1-2H3/p+1/b4-3-,15-6+,16-11+. The second-order valence-electron chi connectivity index (χ2n) is 6.86. The molecule has 0 radical (unpaired) electrons. The minimum absolute atomic E-state index is 0.380. The molecule has 1 fully saturated rings. The quantitative estimate of drug-likeness (QED) is 0.827. The zero-order valence-corrected chi connectivity index (χ0v) is 14.6. The van der Waals surface area contributed by atoms with Gasteiger partial charge in [0.05, 0.1) is 5.56 Å². The SMILES string of the molecule is C/C(N)=C\C[N+]1=C(c2ccc(C3CC3)cc2O)/C(C)=C/C=C\CC1. The molecule has 1 aliphatic heterocycles. The first-order valence-electron chi connectivity index (χ1n) is 8.77. The predicted molar refractivity (Wildman–Crippen MR) is 99.6 cm³/mol. The average Bonchev–Trinajstić information content (AvgIpc) is 3.35. The highest BCUT2D eigenvalue weighted by Crippen LogP contribution is 2.41. The number of hydrogen-bond acceptors (Lipinski definition) is 2. The molecule has 3 heteroatoms. The lowest BCUT2D eigenvalue weighted by Gasteiger charge is -2.13. The average molecular weight is 323 g/mol. The van der Waals surface area contributed by atoms with Crippen LogP contribution in [0, 0.1) is 0 Å². The van der Waals surface area contributed by atoms with Crippen LogP contribution < -0.4 is 5.73 Å². The molecule has 126 valence electrons. The second-order valence-corrected chi connectivity index (χ2v) is 6.86. The molecule has 3 N–H and O–H groups in total. The molecular weight excluding hydrogens is 296 g/mol. The second kappa shape index (κ2) is 7.08. The molecular formula is C21H27N2O+. The summed E-state index contributed by atoms with van der Waals surface area (Å²) in [6.07, 6.45) is 11.9. The Morgan fingerprint density at radius 2 is 2.17 bits per heavy atom. The van der Waals surface area contributed by atoms with Crippen LogP contribution in [0.5, 0.6) is 5.75 Å². The molecule has 2 aliphatic rings. The van der Waals surface area contributed by atoms with Crippen LogP contribution in [0.25, 0.3) is 0 Å². The van der Waals surface area contributed by atoms with E-state index in [1.807, 2.05) is 19.1 Å². The normalized spacial score (nSPS) is 22.6. The number of aromatic hydroxyl groups is 1. The Labute approximate surface area is 144 Å². The summed E-state index contributed by atoms with van der Waals surface area (Å²) < 4.78 is 2.30. The molecule has 1 saturated carbocycles. The van der Waals surface area contributed by atoms with Crippen LogP contribution in [0.4, 0.5) is 0 Å². The lowest BCUT2D eigenvalue weighted by molar-refractivity contribution is -0.516. The van der Waals surface area contributed by atoms with Gasteiger partial charge in [0.15, 0.2) is 6.54 Å². The molecule has 0 aromatic heterocycles. The summed E-state index contributed by atoms with van der Waals surface area (Å²) in [6.45, 7) is 5.67. The van der Waals surface area contributed by atoms with E-state index in [0.717, 1.165) is 42.1 Å². The highest BCUT2D eigenvalue weighted by molar-refractivity contribution is 6.11. The Bertz CT molecular complexity index is 745. The van der Waals surface area contributed by atoms with Crippen LogP contribution in [-0.4, -0.2) is 28.5 Å². The van der Waals surface area contributed by atoms with E-state index in [2.05, 4.69) is 41.9 Å². The molecule has 0 atom stereocenters. The Kier molecular flexibility index (Phi) is 4.89. The van der Waals surface area contributed by atoms with Crippen molar-refractivity contribution in [3.8, 4) is 5.75 Å².